The van der Waals surface area contributed by atoms with Gasteiger partial charge in [-0.05, 0) is 39.0 Å². The zero-order valence-electron chi connectivity index (χ0n) is 12.5. The van der Waals surface area contributed by atoms with Gasteiger partial charge in [-0.3, -0.25) is 4.79 Å². The first-order valence-electron chi connectivity index (χ1n) is 6.65. The summed E-state index contributed by atoms with van der Waals surface area (Å²) >= 11 is 0. The molecule has 0 aliphatic heterocycles. The van der Waals surface area contributed by atoms with Crippen molar-refractivity contribution in [3.63, 3.8) is 0 Å². The number of anilines is 1. The van der Waals surface area contributed by atoms with E-state index in [1.807, 2.05) is 20.8 Å². The van der Waals surface area contributed by atoms with Crippen LogP contribution in [0.15, 0.2) is 18.2 Å². The average Bonchev–Trinajstić information content (AvgIpc) is 2.39. The number of carbonyl (C=O) groups excluding carboxylic acids is 1. The zero-order chi connectivity index (χ0) is 15.9. The van der Waals surface area contributed by atoms with Gasteiger partial charge in [0.1, 0.15) is 12.4 Å². The molecule has 1 rings (SSSR count). The minimum Gasteiger partial charge on any atom is -0.395 e. The van der Waals surface area contributed by atoms with Crippen molar-refractivity contribution in [2.45, 2.75) is 32.8 Å². The highest BCUT2D eigenvalue weighted by molar-refractivity contribution is 5.93. The maximum absolute atomic E-state index is 13.2. The Labute approximate surface area is 124 Å². The molecular weight excluding hydrogens is 273 g/mol. The van der Waals surface area contributed by atoms with Gasteiger partial charge in [-0.15, -0.1) is 0 Å². The molecule has 0 aliphatic carbocycles. The molecule has 0 unspecified atom stereocenters. The molecule has 0 aliphatic rings. The minimum atomic E-state index is -0.438. The molecule has 0 spiro atoms. The molecule has 1 aromatic rings. The molecule has 0 radical (unpaired) electrons. The number of ether oxygens (including phenoxy) is 1. The van der Waals surface area contributed by atoms with Crippen molar-refractivity contribution in [2.75, 3.05) is 18.5 Å². The van der Waals surface area contributed by atoms with Gasteiger partial charge in [-0.1, -0.05) is 11.8 Å². The van der Waals surface area contributed by atoms with E-state index in [1.165, 1.54) is 18.2 Å². The van der Waals surface area contributed by atoms with Crippen molar-refractivity contribution in [1.29, 1.82) is 0 Å². The highest BCUT2D eigenvalue weighted by Gasteiger charge is 2.13. The van der Waals surface area contributed by atoms with E-state index in [0.29, 0.717) is 11.3 Å². The summed E-state index contributed by atoms with van der Waals surface area (Å²) < 4.78 is 18.6. The van der Waals surface area contributed by atoms with Gasteiger partial charge in [-0.2, -0.15) is 0 Å². The first-order chi connectivity index (χ1) is 9.81. The zero-order valence-corrected chi connectivity index (χ0v) is 12.5. The average molecular weight is 293 g/mol. The van der Waals surface area contributed by atoms with Crippen molar-refractivity contribution in [3.05, 3.63) is 29.6 Å². The quantitative estimate of drug-likeness (QED) is 0.838. The minimum absolute atomic E-state index is 0.0660. The number of benzene rings is 1. The van der Waals surface area contributed by atoms with Gasteiger partial charge >= 0.3 is 0 Å². The first kappa shape index (κ1) is 17.2. The second kappa shape index (κ2) is 7.77. The second-order valence-corrected chi connectivity index (χ2v) is 5.41. The third-order valence-corrected chi connectivity index (χ3v) is 2.35. The highest BCUT2D eigenvalue weighted by Crippen LogP contribution is 2.16. The van der Waals surface area contributed by atoms with Crippen LogP contribution in [-0.4, -0.2) is 29.8 Å². The van der Waals surface area contributed by atoms with Crippen molar-refractivity contribution in [2.24, 2.45) is 0 Å². The molecule has 0 aromatic heterocycles. The van der Waals surface area contributed by atoms with Gasteiger partial charge in [0.25, 0.3) is 0 Å². The van der Waals surface area contributed by atoms with Crippen molar-refractivity contribution in [3.8, 4) is 11.8 Å². The molecule has 1 aromatic carbocycles. The van der Waals surface area contributed by atoms with Crippen molar-refractivity contribution < 1.29 is 19.0 Å². The Morgan fingerprint density at radius 1 is 1.43 bits per heavy atom. The van der Waals surface area contributed by atoms with Crippen LogP contribution in [0.1, 0.15) is 32.8 Å². The number of carbonyl (C=O) groups is 1. The van der Waals surface area contributed by atoms with Crippen molar-refractivity contribution >= 4 is 11.6 Å². The van der Waals surface area contributed by atoms with Crippen LogP contribution in [-0.2, 0) is 9.53 Å². The molecule has 0 heterocycles. The van der Waals surface area contributed by atoms with Gasteiger partial charge in [0.2, 0.25) is 5.91 Å². The Morgan fingerprint density at radius 2 is 2.14 bits per heavy atom. The fraction of sp³-hybridized carbons (Fsp3) is 0.438. The second-order valence-electron chi connectivity index (χ2n) is 5.41. The number of halogens is 1. The van der Waals surface area contributed by atoms with E-state index in [1.54, 1.807) is 0 Å². The van der Waals surface area contributed by atoms with E-state index in [9.17, 15) is 9.18 Å². The Morgan fingerprint density at radius 3 is 2.76 bits per heavy atom. The summed E-state index contributed by atoms with van der Waals surface area (Å²) in [6.45, 7) is 5.39. The number of rotatable bonds is 4. The monoisotopic (exact) mass is 293 g/mol. The van der Waals surface area contributed by atoms with Crippen LogP contribution in [0, 0.1) is 17.7 Å². The SMILES string of the molecule is CC(C)(C)OCC(=O)Nc1ccc(F)cc1C#CCCO. The van der Waals surface area contributed by atoms with Crippen LogP contribution in [0.5, 0.6) is 0 Å². The molecule has 4 nitrogen and oxygen atoms in total. The third kappa shape index (κ3) is 6.89. The fourth-order valence-electron chi connectivity index (χ4n) is 1.41. The predicted octanol–water partition coefficient (Wildman–Crippen LogP) is 2.31. The number of nitrogens with one attached hydrogen (secondary N) is 1. The molecule has 5 heteroatoms. The maximum atomic E-state index is 13.2. The summed E-state index contributed by atoms with van der Waals surface area (Å²) in [7, 11) is 0. The van der Waals surface area contributed by atoms with Gasteiger partial charge in [-0.25, -0.2) is 4.39 Å². The standard InChI is InChI=1S/C16H20FNO3/c1-16(2,3)21-11-15(20)18-14-8-7-13(17)10-12(14)6-4-5-9-19/h7-8,10,19H,5,9,11H2,1-3H3,(H,18,20). The molecule has 0 saturated heterocycles. The van der Waals surface area contributed by atoms with Crippen LogP contribution in [0.25, 0.3) is 0 Å². The maximum Gasteiger partial charge on any atom is 0.250 e. The summed E-state index contributed by atoms with van der Waals surface area (Å²) in [6.07, 6.45) is 0.289. The number of amides is 1. The van der Waals surface area contributed by atoms with E-state index >= 15 is 0 Å². The Hall–Kier alpha value is -1.90. The molecule has 0 saturated carbocycles. The normalized spacial score (nSPS) is 10.7. The third-order valence-electron chi connectivity index (χ3n) is 2.35. The summed E-state index contributed by atoms with van der Waals surface area (Å²) in [6, 6.07) is 3.94. The molecule has 1 amide bonds. The van der Waals surface area contributed by atoms with E-state index in [4.69, 9.17) is 9.84 Å². The van der Waals surface area contributed by atoms with E-state index in [0.717, 1.165) is 0 Å². The van der Waals surface area contributed by atoms with Crippen LogP contribution in [0.3, 0.4) is 0 Å². The van der Waals surface area contributed by atoms with E-state index in [-0.39, 0.29) is 25.5 Å². The smallest absolute Gasteiger partial charge is 0.250 e. The van der Waals surface area contributed by atoms with Gasteiger partial charge in [0.15, 0.2) is 0 Å². The largest absolute Gasteiger partial charge is 0.395 e. The molecule has 0 atom stereocenters. The lowest BCUT2D eigenvalue weighted by Crippen LogP contribution is -2.27. The van der Waals surface area contributed by atoms with Crippen LogP contribution < -0.4 is 5.32 Å². The number of aliphatic hydroxyl groups excluding tert-OH is 1. The molecule has 2 N–H and O–H groups in total. The van der Waals surface area contributed by atoms with Crippen LogP contribution in [0.2, 0.25) is 0 Å². The summed E-state index contributed by atoms with van der Waals surface area (Å²) in [4.78, 5) is 11.8. The Kier molecular flexibility index (Phi) is 6.35. The first-order valence-corrected chi connectivity index (χ1v) is 6.65. The topological polar surface area (TPSA) is 58.6 Å². The van der Waals surface area contributed by atoms with Gasteiger partial charge in [0.05, 0.1) is 23.5 Å². The van der Waals surface area contributed by atoms with E-state index < -0.39 is 11.4 Å². The lowest BCUT2D eigenvalue weighted by Gasteiger charge is -2.19. The Balaban J connectivity index is 2.78. The number of hydrogen-bond acceptors (Lipinski definition) is 3. The molecule has 114 valence electrons. The van der Waals surface area contributed by atoms with Gasteiger partial charge in [0, 0.05) is 6.42 Å². The lowest BCUT2D eigenvalue weighted by atomic mass is 10.1. The van der Waals surface area contributed by atoms with Crippen LogP contribution in [0.4, 0.5) is 10.1 Å². The summed E-state index contributed by atoms with van der Waals surface area (Å²) in [5.41, 5.74) is 0.376. The summed E-state index contributed by atoms with van der Waals surface area (Å²) in [5.74, 6) is 4.66. The molecule has 0 fully saturated rings. The lowest BCUT2D eigenvalue weighted by molar-refractivity contribution is -0.125. The molecule has 0 bridgehead atoms. The van der Waals surface area contributed by atoms with Crippen molar-refractivity contribution in [1.82, 2.24) is 0 Å². The molecule has 21 heavy (non-hydrogen) atoms. The number of aliphatic hydroxyl groups is 1. The van der Waals surface area contributed by atoms with E-state index in [2.05, 4.69) is 17.2 Å². The number of hydrogen-bond donors (Lipinski definition) is 2. The highest BCUT2D eigenvalue weighted by atomic mass is 19.1. The fourth-order valence-corrected chi connectivity index (χ4v) is 1.41. The van der Waals surface area contributed by atoms with Gasteiger partial charge < -0.3 is 15.2 Å². The molecular formula is C16H20FNO3. The predicted molar refractivity (Wildman–Crippen MR) is 79.3 cm³/mol. The van der Waals surface area contributed by atoms with Crippen LogP contribution >= 0.6 is 0 Å². The summed E-state index contributed by atoms with van der Waals surface area (Å²) in [5, 5.41) is 11.3. The Bertz CT molecular complexity index is 553.